The third kappa shape index (κ3) is 4.31. The highest BCUT2D eigenvalue weighted by atomic mass is 28.3. The van der Waals surface area contributed by atoms with E-state index in [0.29, 0.717) is 0 Å². The maximum Gasteiger partial charge on any atom is 0.222 e. The highest BCUT2D eigenvalue weighted by molar-refractivity contribution is 6.38. The minimum atomic E-state index is -0.649. The van der Waals surface area contributed by atoms with Crippen LogP contribution in [0.2, 0.25) is 0 Å². The second kappa shape index (κ2) is 4.31. The molecule has 0 saturated heterocycles. The molecule has 5 heavy (non-hydrogen) atoms. The monoisotopic (exact) mass is 108 g/mol. The Kier molecular flexibility index (Phi) is 4.58. The van der Waals surface area contributed by atoms with Gasteiger partial charge in [-0.25, -0.2) is 0 Å². The molecular weight excluding hydrogens is 100 g/mol. The highest BCUT2D eigenvalue weighted by Crippen LogP contribution is 1.40. The van der Waals surface area contributed by atoms with Gasteiger partial charge in [0.25, 0.3) is 0 Å². The lowest BCUT2D eigenvalue weighted by molar-refractivity contribution is 0.641. The molecule has 0 heterocycles. The third-order valence-corrected chi connectivity index (χ3v) is 2.12. The molecule has 0 atom stereocenters. The molecule has 0 rings (SSSR count). The van der Waals surface area contributed by atoms with E-state index in [1.54, 1.807) is 0 Å². The normalized spacial score (nSPS) is 13.2. The first-order valence-electron chi connectivity index (χ1n) is 1.39. The van der Waals surface area contributed by atoms with Gasteiger partial charge >= 0.3 is 0 Å². The molecular formula is H8N2OSi2. The van der Waals surface area contributed by atoms with Crippen LogP contribution in [-0.4, -0.2) is 19.8 Å². The van der Waals surface area contributed by atoms with Crippen LogP contribution in [0.1, 0.15) is 0 Å². The molecule has 0 aromatic carbocycles. The van der Waals surface area contributed by atoms with Crippen LogP contribution in [0, 0.1) is 0 Å². The van der Waals surface area contributed by atoms with Crippen LogP contribution in [0.25, 0.3) is 0 Å². The lowest BCUT2D eigenvalue weighted by atomic mass is 13.9. The second-order valence-corrected chi connectivity index (χ2v) is 2.84. The van der Waals surface area contributed by atoms with Crippen LogP contribution in [0.5, 0.6) is 0 Å². The van der Waals surface area contributed by atoms with E-state index in [1.807, 2.05) is 0 Å². The topological polar surface area (TPSA) is 61.3 Å². The van der Waals surface area contributed by atoms with Gasteiger partial charge in [-0.05, 0) is 0 Å². The van der Waals surface area contributed by atoms with E-state index >= 15 is 0 Å². The summed E-state index contributed by atoms with van der Waals surface area (Å²) in [6, 6.07) is 0. The average molecular weight is 108 g/mol. The van der Waals surface area contributed by atoms with Crippen LogP contribution in [-0.2, 0) is 4.12 Å². The van der Waals surface area contributed by atoms with Crippen LogP contribution < -0.4 is 10.8 Å². The summed E-state index contributed by atoms with van der Waals surface area (Å²) in [7, 11) is -1.30. The van der Waals surface area contributed by atoms with E-state index in [1.165, 1.54) is 0 Å². The van der Waals surface area contributed by atoms with Crippen LogP contribution >= 0.6 is 0 Å². The van der Waals surface area contributed by atoms with Crippen molar-refractivity contribution in [2.45, 2.75) is 0 Å². The standard InChI is InChI=1S/H8N2OSi2/c1-4-3-5-2/h1-2,4-5H2. The fourth-order valence-electron chi connectivity index (χ4n) is 0.0680. The minimum absolute atomic E-state index is 0.649. The van der Waals surface area contributed by atoms with E-state index in [-0.39, 0.29) is 0 Å². The summed E-state index contributed by atoms with van der Waals surface area (Å²) < 4.78 is 4.67. The van der Waals surface area contributed by atoms with Crippen LogP contribution in [0.4, 0.5) is 0 Å². The molecule has 0 spiro atoms. The first-order valence-corrected chi connectivity index (χ1v) is 4.18. The molecule has 0 radical (unpaired) electrons. The number of rotatable bonds is 2. The Hall–Kier alpha value is 0.314. The van der Waals surface area contributed by atoms with Crippen molar-refractivity contribution in [1.29, 1.82) is 0 Å². The van der Waals surface area contributed by atoms with E-state index in [2.05, 4.69) is 4.12 Å². The zero-order chi connectivity index (χ0) is 4.12. The van der Waals surface area contributed by atoms with Gasteiger partial charge in [-0.1, -0.05) is 0 Å². The summed E-state index contributed by atoms with van der Waals surface area (Å²) in [5.41, 5.74) is 0. The maximum atomic E-state index is 5.01. The Morgan fingerprint density at radius 3 is 1.60 bits per heavy atom. The second-order valence-electron chi connectivity index (χ2n) is 0.537. The van der Waals surface area contributed by atoms with Gasteiger partial charge < -0.3 is 14.9 Å². The molecule has 5 heteroatoms. The van der Waals surface area contributed by atoms with E-state index in [9.17, 15) is 0 Å². The van der Waals surface area contributed by atoms with Crippen LogP contribution in [0.15, 0.2) is 0 Å². The Bertz CT molecular complexity index is 15.1. The zero-order valence-corrected chi connectivity index (χ0v) is 5.81. The van der Waals surface area contributed by atoms with Crippen molar-refractivity contribution in [2.75, 3.05) is 0 Å². The lowest BCUT2D eigenvalue weighted by Gasteiger charge is -1.85. The van der Waals surface area contributed by atoms with Crippen molar-refractivity contribution >= 4 is 19.8 Å². The first kappa shape index (κ1) is 5.31. The molecule has 0 aromatic heterocycles. The Labute approximate surface area is 35.7 Å². The van der Waals surface area contributed by atoms with Gasteiger partial charge in [0.1, 0.15) is 0 Å². The molecule has 0 aromatic rings. The molecule has 3 nitrogen and oxygen atoms in total. The first-order chi connectivity index (χ1) is 2.41. The Morgan fingerprint density at radius 1 is 1.20 bits per heavy atom. The van der Waals surface area contributed by atoms with Gasteiger partial charge in [-0.2, -0.15) is 0 Å². The lowest BCUT2D eigenvalue weighted by Crippen LogP contribution is -2.18. The molecule has 0 amide bonds. The van der Waals surface area contributed by atoms with Crippen molar-refractivity contribution in [3.63, 3.8) is 0 Å². The Morgan fingerprint density at radius 2 is 1.60 bits per heavy atom. The predicted octanol–water partition coefficient (Wildman–Crippen LogP) is -3.08. The molecule has 0 fully saturated rings. The minimum Gasteiger partial charge on any atom is -0.442 e. The SMILES string of the molecule is N[SiH2]O[SiH2]N. The van der Waals surface area contributed by atoms with E-state index in [0.717, 1.165) is 0 Å². The predicted molar refractivity (Wildman–Crippen MR) is 26.5 cm³/mol. The van der Waals surface area contributed by atoms with Gasteiger partial charge in [0, 0.05) is 0 Å². The molecule has 0 aliphatic rings. The molecule has 4 N–H and O–H groups in total. The molecule has 32 valence electrons. The highest BCUT2D eigenvalue weighted by Gasteiger charge is 1.67. The number of nitrogens with two attached hydrogens (primary N) is 2. The summed E-state index contributed by atoms with van der Waals surface area (Å²) in [5, 5.41) is 10.0. The van der Waals surface area contributed by atoms with Crippen molar-refractivity contribution < 1.29 is 4.12 Å². The largest absolute Gasteiger partial charge is 0.442 e. The summed E-state index contributed by atoms with van der Waals surface area (Å²) in [4.78, 5) is 0. The molecule has 0 saturated carbocycles. The van der Waals surface area contributed by atoms with Crippen molar-refractivity contribution in [3.05, 3.63) is 0 Å². The molecule has 0 unspecified atom stereocenters. The molecule has 0 bridgehead atoms. The zero-order valence-electron chi connectivity index (χ0n) is 2.98. The third-order valence-electron chi connectivity index (χ3n) is 0.236. The summed E-state index contributed by atoms with van der Waals surface area (Å²) >= 11 is 0. The fraction of sp³-hybridized carbons (Fsp3) is 0. The molecule has 0 aliphatic carbocycles. The van der Waals surface area contributed by atoms with Gasteiger partial charge in [-0.3, -0.25) is 0 Å². The van der Waals surface area contributed by atoms with Gasteiger partial charge in [0.05, 0.1) is 0 Å². The summed E-state index contributed by atoms with van der Waals surface area (Å²) in [6.07, 6.45) is 0. The van der Waals surface area contributed by atoms with E-state index < -0.39 is 19.8 Å². The van der Waals surface area contributed by atoms with Gasteiger partial charge in [-0.15, -0.1) is 0 Å². The average Bonchev–Trinajstić information content (AvgIpc) is 1.41. The van der Waals surface area contributed by atoms with Crippen LogP contribution in [0.3, 0.4) is 0 Å². The quantitative estimate of drug-likeness (QED) is 0.369. The number of hydrogen-bond acceptors (Lipinski definition) is 3. The van der Waals surface area contributed by atoms with Crippen molar-refractivity contribution in [2.24, 2.45) is 10.8 Å². The van der Waals surface area contributed by atoms with Gasteiger partial charge in [0.15, 0.2) is 0 Å². The van der Waals surface area contributed by atoms with Crippen molar-refractivity contribution in [1.82, 2.24) is 0 Å². The smallest absolute Gasteiger partial charge is 0.222 e. The Balaban J connectivity index is 2.19. The number of hydrogen-bond donors (Lipinski definition) is 2. The maximum absolute atomic E-state index is 5.01. The van der Waals surface area contributed by atoms with Crippen molar-refractivity contribution in [3.8, 4) is 0 Å². The molecule has 0 aliphatic heterocycles. The van der Waals surface area contributed by atoms with Gasteiger partial charge in [0.2, 0.25) is 19.8 Å². The fourth-order valence-corrected chi connectivity index (χ4v) is 0.612. The summed E-state index contributed by atoms with van der Waals surface area (Å²) in [6.45, 7) is 0. The summed E-state index contributed by atoms with van der Waals surface area (Å²) in [5.74, 6) is 0. The van der Waals surface area contributed by atoms with E-state index in [4.69, 9.17) is 10.8 Å².